The SMILES string of the molecule is Nc1ccc2c(c1)[C@@H](N)CO2. The first-order chi connectivity index (χ1) is 5.27. The van der Waals surface area contributed by atoms with Gasteiger partial charge in [-0.2, -0.15) is 0 Å². The summed E-state index contributed by atoms with van der Waals surface area (Å²) in [7, 11) is 0. The largest absolute Gasteiger partial charge is 0.491 e. The summed E-state index contributed by atoms with van der Waals surface area (Å²) in [5.41, 5.74) is 13.1. The van der Waals surface area contributed by atoms with E-state index in [0.717, 1.165) is 17.0 Å². The predicted octanol–water partition coefficient (Wildman–Crippen LogP) is 0.661. The molecule has 0 saturated heterocycles. The van der Waals surface area contributed by atoms with Gasteiger partial charge in [-0.15, -0.1) is 0 Å². The van der Waals surface area contributed by atoms with E-state index < -0.39 is 0 Å². The highest BCUT2D eigenvalue weighted by Gasteiger charge is 2.19. The normalized spacial score (nSPS) is 21.0. The predicted molar refractivity (Wildman–Crippen MR) is 43.3 cm³/mol. The molecule has 0 saturated carbocycles. The van der Waals surface area contributed by atoms with Crippen molar-refractivity contribution in [3.05, 3.63) is 23.8 Å². The Morgan fingerprint density at radius 2 is 2.27 bits per heavy atom. The molecule has 0 aliphatic carbocycles. The number of anilines is 1. The number of ether oxygens (including phenoxy) is 1. The lowest BCUT2D eigenvalue weighted by Crippen LogP contribution is -2.10. The topological polar surface area (TPSA) is 61.3 Å². The average molecular weight is 150 g/mol. The van der Waals surface area contributed by atoms with E-state index >= 15 is 0 Å². The minimum absolute atomic E-state index is 0.00602. The summed E-state index contributed by atoms with van der Waals surface area (Å²) >= 11 is 0. The summed E-state index contributed by atoms with van der Waals surface area (Å²) in [5, 5.41) is 0. The van der Waals surface area contributed by atoms with Gasteiger partial charge in [0.15, 0.2) is 0 Å². The fraction of sp³-hybridized carbons (Fsp3) is 0.250. The zero-order chi connectivity index (χ0) is 7.84. The number of nitrogens with two attached hydrogens (primary N) is 2. The van der Waals surface area contributed by atoms with Crippen molar-refractivity contribution < 1.29 is 4.74 Å². The van der Waals surface area contributed by atoms with Gasteiger partial charge in [-0.1, -0.05) is 0 Å². The highest BCUT2D eigenvalue weighted by atomic mass is 16.5. The van der Waals surface area contributed by atoms with Gasteiger partial charge in [0.1, 0.15) is 12.4 Å². The molecule has 58 valence electrons. The summed E-state index contributed by atoms with van der Waals surface area (Å²) in [6.07, 6.45) is 0. The third-order valence-corrected chi connectivity index (χ3v) is 1.85. The molecule has 0 amide bonds. The van der Waals surface area contributed by atoms with Crippen molar-refractivity contribution in [3.8, 4) is 5.75 Å². The standard InChI is InChI=1S/C8H10N2O/c9-5-1-2-8-6(3-5)7(10)4-11-8/h1-3,7H,4,9-10H2/t7-/m0/s1. The van der Waals surface area contributed by atoms with Crippen LogP contribution in [0.4, 0.5) is 5.69 Å². The molecule has 3 heteroatoms. The van der Waals surface area contributed by atoms with Crippen LogP contribution < -0.4 is 16.2 Å². The first kappa shape index (κ1) is 6.49. The van der Waals surface area contributed by atoms with Gasteiger partial charge in [0.05, 0.1) is 6.04 Å². The molecule has 1 heterocycles. The number of hydrogen-bond donors (Lipinski definition) is 2. The number of nitrogen functional groups attached to an aromatic ring is 1. The van der Waals surface area contributed by atoms with Gasteiger partial charge in [-0.25, -0.2) is 0 Å². The van der Waals surface area contributed by atoms with E-state index in [4.69, 9.17) is 16.2 Å². The number of benzene rings is 1. The maximum Gasteiger partial charge on any atom is 0.124 e. The van der Waals surface area contributed by atoms with Gasteiger partial charge in [0, 0.05) is 11.3 Å². The second kappa shape index (κ2) is 2.13. The first-order valence-electron chi connectivity index (χ1n) is 3.55. The summed E-state index contributed by atoms with van der Waals surface area (Å²) in [6.45, 7) is 0.568. The van der Waals surface area contributed by atoms with Crippen LogP contribution in [0, 0.1) is 0 Å². The summed E-state index contributed by atoms with van der Waals surface area (Å²) in [4.78, 5) is 0. The second-order valence-corrected chi connectivity index (χ2v) is 2.71. The fourth-order valence-electron chi connectivity index (χ4n) is 1.26. The highest BCUT2D eigenvalue weighted by molar-refractivity contribution is 5.50. The zero-order valence-corrected chi connectivity index (χ0v) is 6.08. The van der Waals surface area contributed by atoms with Crippen molar-refractivity contribution in [2.24, 2.45) is 5.73 Å². The number of hydrogen-bond acceptors (Lipinski definition) is 3. The van der Waals surface area contributed by atoms with Crippen molar-refractivity contribution in [2.75, 3.05) is 12.3 Å². The van der Waals surface area contributed by atoms with Crippen LogP contribution in [0.1, 0.15) is 11.6 Å². The smallest absolute Gasteiger partial charge is 0.124 e. The Balaban J connectivity index is 2.52. The quantitative estimate of drug-likeness (QED) is 0.534. The Hall–Kier alpha value is -1.22. The molecule has 0 spiro atoms. The second-order valence-electron chi connectivity index (χ2n) is 2.71. The van der Waals surface area contributed by atoms with E-state index in [9.17, 15) is 0 Å². The first-order valence-corrected chi connectivity index (χ1v) is 3.55. The fourth-order valence-corrected chi connectivity index (χ4v) is 1.26. The lowest BCUT2D eigenvalue weighted by atomic mass is 10.1. The van der Waals surface area contributed by atoms with Gasteiger partial charge in [-0.3, -0.25) is 0 Å². The van der Waals surface area contributed by atoms with Gasteiger partial charge in [0.2, 0.25) is 0 Å². The van der Waals surface area contributed by atoms with Crippen molar-refractivity contribution in [2.45, 2.75) is 6.04 Å². The van der Waals surface area contributed by atoms with E-state index in [-0.39, 0.29) is 6.04 Å². The minimum Gasteiger partial charge on any atom is -0.491 e. The molecule has 1 aromatic carbocycles. The maximum atomic E-state index is 5.73. The van der Waals surface area contributed by atoms with Crippen LogP contribution in [0.15, 0.2) is 18.2 Å². The molecule has 0 aromatic heterocycles. The van der Waals surface area contributed by atoms with Crippen LogP contribution in [-0.2, 0) is 0 Å². The van der Waals surface area contributed by atoms with E-state index in [1.807, 2.05) is 18.2 Å². The van der Waals surface area contributed by atoms with E-state index in [2.05, 4.69) is 0 Å². The van der Waals surface area contributed by atoms with Crippen LogP contribution in [-0.4, -0.2) is 6.61 Å². The van der Waals surface area contributed by atoms with Crippen molar-refractivity contribution in [3.63, 3.8) is 0 Å². The molecule has 1 aliphatic heterocycles. The Labute approximate surface area is 64.9 Å². The molecule has 2 rings (SSSR count). The molecule has 1 aliphatic rings. The lowest BCUT2D eigenvalue weighted by Gasteiger charge is -2.00. The van der Waals surface area contributed by atoms with Crippen molar-refractivity contribution in [1.29, 1.82) is 0 Å². The molecule has 1 atom stereocenters. The summed E-state index contributed by atoms with van der Waals surface area (Å²) < 4.78 is 5.29. The van der Waals surface area contributed by atoms with Gasteiger partial charge < -0.3 is 16.2 Å². The Morgan fingerprint density at radius 3 is 3.09 bits per heavy atom. The molecule has 0 unspecified atom stereocenters. The Bertz CT molecular complexity index is 285. The van der Waals surface area contributed by atoms with Crippen molar-refractivity contribution in [1.82, 2.24) is 0 Å². The van der Waals surface area contributed by atoms with Gasteiger partial charge in [-0.05, 0) is 18.2 Å². The number of rotatable bonds is 0. The third-order valence-electron chi connectivity index (χ3n) is 1.85. The molecule has 0 bridgehead atoms. The molecule has 3 nitrogen and oxygen atoms in total. The molecule has 0 fully saturated rings. The van der Waals surface area contributed by atoms with Crippen molar-refractivity contribution >= 4 is 5.69 Å². The van der Waals surface area contributed by atoms with E-state index in [1.165, 1.54) is 0 Å². The van der Waals surface area contributed by atoms with Crippen LogP contribution in [0.3, 0.4) is 0 Å². The molecule has 11 heavy (non-hydrogen) atoms. The third kappa shape index (κ3) is 0.935. The van der Waals surface area contributed by atoms with Gasteiger partial charge >= 0.3 is 0 Å². The minimum atomic E-state index is -0.00602. The highest BCUT2D eigenvalue weighted by Crippen LogP contribution is 2.31. The van der Waals surface area contributed by atoms with E-state index in [0.29, 0.717) is 6.61 Å². The lowest BCUT2D eigenvalue weighted by molar-refractivity contribution is 0.333. The number of fused-ring (bicyclic) bond motifs is 1. The molecule has 1 aromatic rings. The van der Waals surface area contributed by atoms with Gasteiger partial charge in [0.25, 0.3) is 0 Å². The zero-order valence-electron chi connectivity index (χ0n) is 6.08. The van der Waals surface area contributed by atoms with Crippen LogP contribution in [0.2, 0.25) is 0 Å². The monoisotopic (exact) mass is 150 g/mol. The van der Waals surface area contributed by atoms with Crippen LogP contribution >= 0.6 is 0 Å². The maximum absolute atomic E-state index is 5.73. The molecular formula is C8H10N2O. The average Bonchev–Trinajstić information content (AvgIpc) is 2.33. The summed E-state index contributed by atoms with van der Waals surface area (Å²) in [6, 6.07) is 5.54. The summed E-state index contributed by atoms with van der Waals surface area (Å²) in [5.74, 6) is 0.867. The van der Waals surface area contributed by atoms with Crippen LogP contribution in [0.25, 0.3) is 0 Å². The molecule has 0 radical (unpaired) electrons. The van der Waals surface area contributed by atoms with Crippen LogP contribution in [0.5, 0.6) is 5.75 Å². The Morgan fingerprint density at radius 1 is 1.45 bits per heavy atom. The van der Waals surface area contributed by atoms with E-state index in [1.54, 1.807) is 0 Å². The molecular weight excluding hydrogens is 140 g/mol. The molecule has 4 N–H and O–H groups in total. The Kier molecular flexibility index (Phi) is 1.26.